The maximum Gasteiger partial charge on any atom is 0.244 e. The van der Waals surface area contributed by atoms with Crippen molar-refractivity contribution in [3.05, 3.63) is 65.2 Å². The van der Waals surface area contributed by atoms with E-state index in [4.69, 9.17) is 9.47 Å². The molecule has 4 bridgehead atoms. The summed E-state index contributed by atoms with van der Waals surface area (Å²) in [4.78, 5) is 16.1. The van der Waals surface area contributed by atoms with E-state index in [0.717, 1.165) is 50.1 Å². The van der Waals surface area contributed by atoms with Crippen molar-refractivity contribution in [2.24, 2.45) is 11.3 Å². The lowest BCUT2D eigenvalue weighted by Gasteiger charge is -2.73. The first-order valence-electron chi connectivity index (χ1n) is 14.4. The highest BCUT2D eigenvalue weighted by Crippen LogP contribution is 2.75. The lowest BCUT2D eigenvalue weighted by Crippen LogP contribution is -2.83. The molecule has 9 rings (SSSR count). The first-order chi connectivity index (χ1) is 18.5. The minimum atomic E-state index is -0.638. The molecule has 5 aliphatic carbocycles. The topological polar surface area (TPSA) is 71.0 Å². The third kappa shape index (κ3) is 2.83. The molecule has 4 saturated carbocycles. The molecule has 0 radical (unpaired) electrons. The number of benzene rings is 2. The molecule has 7 aliphatic rings. The number of carbonyl (C=O) groups excluding carboxylic acids is 1. The zero-order valence-electron chi connectivity index (χ0n) is 22.0. The standard InChI is InChI=1S/C32H36N2O4/c1-37-32-14-13-30(18-24(32)33-26(36)12-9-20-5-3-2-4-6-20)25-17-22-10-11-23(35)28-27(22)31(30,29(32)38-28)15-16-34(25)19-21-7-8-21/h2-6,9-12,21,24-25,29,35H,7-8,13-19H2,1H3,(H,33,36)/b12-9+/t24-,25+,29+,30+,31-,32-/m0/s1. The van der Waals surface area contributed by atoms with Crippen molar-refractivity contribution >= 4 is 12.0 Å². The Kier molecular flexibility index (Phi) is 4.77. The first kappa shape index (κ1) is 23.1. The molecule has 2 heterocycles. The van der Waals surface area contributed by atoms with Gasteiger partial charge in [-0.1, -0.05) is 36.4 Å². The molecule has 1 saturated heterocycles. The number of phenols is 1. The molecule has 0 aromatic heterocycles. The summed E-state index contributed by atoms with van der Waals surface area (Å²) in [5.41, 5.74) is 2.75. The molecule has 6 nitrogen and oxygen atoms in total. The van der Waals surface area contributed by atoms with E-state index < -0.39 is 5.60 Å². The Morgan fingerprint density at radius 1 is 1.18 bits per heavy atom. The van der Waals surface area contributed by atoms with E-state index in [9.17, 15) is 9.90 Å². The molecule has 6 heteroatoms. The maximum atomic E-state index is 13.3. The highest BCUT2D eigenvalue weighted by molar-refractivity contribution is 5.92. The van der Waals surface area contributed by atoms with Crippen LogP contribution >= 0.6 is 0 Å². The van der Waals surface area contributed by atoms with Crippen LogP contribution in [0.4, 0.5) is 0 Å². The van der Waals surface area contributed by atoms with Crippen molar-refractivity contribution in [3.63, 3.8) is 0 Å². The van der Waals surface area contributed by atoms with Gasteiger partial charge in [0.25, 0.3) is 0 Å². The van der Waals surface area contributed by atoms with Gasteiger partial charge in [0.1, 0.15) is 11.7 Å². The lowest BCUT2D eigenvalue weighted by molar-refractivity contribution is -0.263. The number of ether oxygens (including phenoxy) is 2. The summed E-state index contributed by atoms with van der Waals surface area (Å²) in [6, 6.07) is 14.1. The number of nitrogens with zero attached hydrogens (tertiary/aromatic N) is 1. The molecule has 2 aliphatic heterocycles. The molecule has 38 heavy (non-hydrogen) atoms. The second-order valence-corrected chi connectivity index (χ2v) is 12.6. The van der Waals surface area contributed by atoms with E-state index in [1.54, 1.807) is 13.2 Å². The highest BCUT2D eigenvalue weighted by atomic mass is 16.6. The van der Waals surface area contributed by atoms with Crippen LogP contribution in [0.15, 0.2) is 48.5 Å². The molecular formula is C32H36N2O4. The van der Waals surface area contributed by atoms with Gasteiger partial charge in [0.2, 0.25) is 5.91 Å². The van der Waals surface area contributed by atoms with Gasteiger partial charge in [-0.05, 0) is 80.7 Å². The zero-order valence-corrected chi connectivity index (χ0v) is 22.0. The predicted molar refractivity (Wildman–Crippen MR) is 144 cm³/mol. The van der Waals surface area contributed by atoms with Gasteiger partial charge in [-0.3, -0.25) is 9.69 Å². The summed E-state index contributed by atoms with van der Waals surface area (Å²) in [7, 11) is 1.78. The van der Waals surface area contributed by atoms with E-state index in [2.05, 4.69) is 16.3 Å². The molecule has 2 aromatic rings. The van der Waals surface area contributed by atoms with Gasteiger partial charge in [0.15, 0.2) is 11.5 Å². The first-order valence-corrected chi connectivity index (χ1v) is 14.4. The quantitative estimate of drug-likeness (QED) is 0.568. The van der Waals surface area contributed by atoms with E-state index in [1.807, 2.05) is 42.5 Å². The number of piperidine rings is 1. The number of carbonyl (C=O) groups is 1. The Morgan fingerprint density at radius 3 is 2.82 bits per heavy atom. The van der Waals surface area contributed by atoms with Gasteiger partial charge in [-0.15, -0.1) is 0 Å². The number of fused-ring (bicyclic) bond motifs is 2. The fraction of sp³-hybridized carbons (Fsp3) is 0.531. The molecule has 2 N–H and O–H groups in total. The Hall–Kier alpha value is -2.83. The number of hydrogen-bond acceptors (Lipinski definition) is 5. The average molecular weight is 513 g/mol. The molecule has 2 aromatic carbocycles. The SMILES string of the molecule is CO[C@@]12CC[C@@]3(C[C@@H]1NC(=O)/C=C/c1ccccc1)[C@H]1Cc4ccc(O)c5c4[C@@]3(CCN1CC1CC1)[C@H]2O5. The summed E-state index contributed by atoms with van der Waals surface area (Å²) in [6.45, 7) is 2.24. The van der Waals surface area contributed by atoms with E-state index >= 15 is 0 Å². The summed E-state index contributed by atoms with van der Waals surface area (Å²) in [5, 5.41) is 14.4. The molecule has 1 amide bonds. The van der Waals surface area contributed by atoms with Crippen LogP contribution in [0.25, 0.3) is 6.08 Å². The summed E-state index contributed by atoms with van der Waals surface area (Å²) < 4.78 is 13.3. The average Bonchev–Trinajstić information content (AvgIpc) is 3.68. The summed E-state index contributed by atoms with van der Waals surface area (Å²) in [5.74, 6) is 1.64. The van der Waals surface area contributed by atoms with Crippen molar-refractivity contribution in [2.75, 3.05) is 20.2 Å². The fourth-order valence-electron chi connectivity index (χ4n) is 9.51. The van der Waals surface area contributed by atoms with Gasteiger partial charge >= 0.3 is 0 Å². The van der Waals surface area contributed by atoms with E-state index in [-0.39, 0.29) is 34.6 Å². The van der Waals surface area contributed by atoms with Gasteiger partial charge < -0.3 is 19.9 Å². The number of likely N-dealkylation sites (tertiary alicyclic amines) is 1. The van der Waals surface area contributed by atoms with Crippen LogP contribution in [0, 0.1) is 11.3 Å². The second kappa shape index (κ2) is 7.86. The van der Waals surface area contributed by atoms with Crippen LogP contribution < -0.4 is 10.1 Å². The van der Waals surface area contributed by atoms with Gasteiger partial charge in [-0.2, -0.15) is 0 Å². The summed E-state index contributed by atoms with van der Waals surface area (Å²) in [6.07, 6.45) is 10.8. The van der Waals surface area contributed by atoms with Crippen LogP contribution in [0.2, 0.25) is 0 Å². The van der Waals surface area contributed by atoms with Crippen LogP contribution in [0.3, 0.4) is 0 Å². The van der Waals surface area contributed by atoms with E-state index in [1.165, 1.54) is 30.5 Å². The number of phenolic OH excluding ortho intramolecular Hbond substituents is 1. The Bertz CT molecular complexity index is 1340. The Morgan fingerprint density at radius 2 is 2.03 bits per heavy atom. The van der Waals surface area contributed by atoms with Crippen LogP contribution in [0.1, 0.15) is 55.2 Å². The third-order valence-corrected chi connectivity index (χ3v) is 11.2. The molecule has 5 fully saturated rings. The minimum Gasteiger partial charge on any atom is -0.504 e. The number of nitrogens with one attached hydrogen (secondary N) is 1. The number of amides is 1. The number of methoxy groups -OCH3 is 1. The van der Waals surface area contributed by atoms with E-state index in [0.29, 0.717) is 11.8 Å². The predicted octanol–water partition coefficient (Wildman–Crippen LogP) is 4.20. The Labute approximate surface area is 224 Å². The smallest absolute Gasteiger partial charge is 0.244 e. The van der Waals surface area contributed by atoms with Crippen molar-refractivity contribution in [3.8, 4) is 11.5 Å². The Balaban J connectivity index is 1.22. The van der Waals surface area contributed by atoms with Crippen molar-refractivity contribution in [2.45, 2.75) is 74.1 Å². The van der Waals surface area contributed by atoms with Gasteiger partial charge in [-0.25, -0.2) is 0 Å². The van der Waals surface area contributed by atoms with Crippen molar-refractivity contribution in [1.82, 2.24) is 10.2 Å². The van der Waals surface area contributed by atoms with Crippen LogP contribution in [-0.2, 0) is 21.4 Å². The van der Waals surface area contributed by atoms with Crippen LogP contribution in [-0.4, -0.2) is 59.9 Å². The monoisotopic (exact) mass is 512 g/mol. The molecular weight excluding hydrogens is 476 g/mol. The molecule has 0 unspecified atom stereocenters. The van der Waals surface area contributed by atoms with Crippen LogP contribution in [0.5, 0.6) is 11.5 Å². The van der Waals surface area contributed by atoms with Gasteiger partial charge in [0, 0.05) is 42.2 Å². The number of hydrogen-bond donors (Lipinski definition) is 2. The molecule has 198 valence electrons. The number of aromatic hydroxyl groups is 1. The molecule has 6 atom stereocenters. The lowest BCUT2D eigenvalue weighted by atomic mass is 9.35. The van der Waals surface area contributed by atoms with Gasteiger partial charge in [0.05, 0.1) is 6.04 Å². The number of rotatable bonds is 6. The third-order valence-electron chi connectivity index (χ3n) is 11.2. The summed E-state index contributed by atoms with van der Waals surface area (Å²) >= 11 is 0. The zero-order chi connectivity index (χ0) is 25.7. The maximum absolute atomic E-state index is 13.3. The van der Waals surface area contributed by atoms with Crippen molar-refractivity contribution in [1.29, 1.82) is 0 Å². The fourth-order valence-corrected chi connectivity index (χ4v) is 9.51. The normalized spacial score (nSPS) is 38.2. The largest absolute Gasteiger partial charge is 0.504 e. The minimum absolute atomic E-state index is 0.0157. The second-order valence-electron chi connectivity index (χ2n) is 12.6. The van der Waals surface area contributed by atoms with Crippen molar-refractivity contribution < 1.29 is 19.4 Å². The highest BCUT2D eigenvalue weighted by Gasteiger charge is 2.80. The molecule has 2 spiro atoms.